The Hall–Kier alpha value is -2.13. The van der Waals surface area contributed by atoms with Crippen LogP contribution in [0.1, 0.15) is 11.1 Å². The van der Waals surface area contributed by atoms with Gasteiger partial charge in [0.25, 0.3) is 0 Å². The molecule has 0 fully saturated rings. The van der Waals surface area contributed by atoms with Crippen LogP contribution in [0, 0.1) is 13.8 Å². The van der Waals surface area contributed by atoms with E-state index in [9.17, 15) is 0 Å². The number of benzene rings is 2. The Kier molecular flexibility index (Phi) is 3.52. The molecule has 100 valence electrons. The third-order valence-electron chi connectivity index (χ3n) is 3.20. The summed E-state index contributed by atoms with van der Waals surface area (Å²) in [5.74, 6) is 0. The van der Waals surface area contributed by atoms with Crippen molar-refractivity contribution >= 4 is 22.2 Å². The van der Waals surface area contributed by atoms with E-state index in [2.05, 4.69) is 47.7 Å². The van der Waals surface area contributed by atoms with Crippen molar-refractivity contribution in [3.63, 3.8) is 0 Å². The Morgan fingerprint density at radius 3 is 2.60 bits per heavy atom. The van der Waals surface area contributed by atoms with Crippen LogP contribution in [0.2, 0.25) is 0 Å². The number of thiazole rings is 1. The molecule has 3 heteroatoms. The smallest absolute Gasteiger partial charge is 0.187 e. The summed E-state index contributed by atoms with van der Waals surface area (Å²) in [7, 11) is 0. The molecule has 0 aliphatic heterocycles. The number of hydrogen-bond donors (Lipinski definition) is 1. The van der Waals surface area contributed by atoms with Gasteiger partial charge in [0.15, 0.2) is 5.13 Å². The van der Waals surface area contributed by atoms with Crippen molar-refractivity contribution in [1.29, 1.82) is 0 Å². The van der Waals surface area contributed by atoms with Crippen LogP contribution in [0.15, 0.2) is 53.9 Å². The van der Waals surface area contributed by atoms with E-state index in [4.69, 9.17) is 0 Å². The Morgan fingerprint density at radius 2 is 1.80 bits per heavy atom. The molecule has 0 saturated carbocycles. The van der Waals surface area contributed by atoms with Crippen LogP contribution in [0.5, 0.6) is 0 Å². The lowest BCUT2D eigenvalue weighted by atomic mass is 10.0. The highest BCUT2D eigenvalue weighted by Crippen LogP contribution is 2.29. The highest BCUT2D eigenvalue weighted by atomic mass is 32.1. The second-order valence-corrected chi connectivity index (χ2v) is 5.71. The zero-order valence-corrected chi connectivity index (χ0v) is 12.4. The molecule has 0 unspecified atom stereocenters. The summed E-state index contributed by atoms with van der Waals surface area (Å²) >= 11 is 1.63. The van der Waals surface area contributed by atoms with E-state index in [1.807, 2.05) is 30.3 Å². The van der Waals surface area contributed by atoms with E-state index in [1.54, 1.807) is 11.3 Å². The number of rotatable bonds is 3. The molecule has 1 heterocycles. The summed E-state index contributed by atoms with van der Waals surface area (Å²) < 4.78 is 0. The molecule has 2 nitrogen and oxygen atoms in total. The first-order valence-corrected chi connectivity index (χ1v) is 7.45. The molecule has 0 aliphatic rings. The van der Waals surface area contributed by atoms with Gasteiger partial charge in [-0.25, -0.2) is 4.98 Å². The minimum atomic E-state index is 0.923. The van der Waals surface area contributed by atoms with Crippen molar-refractivity contribution in [2.75, 3.05) is 5.32 Å². The topological polar surface area (TPSA) is 24.9 Å². The first-order chi connectivity index (χ1) is 9.72. The van der Waals surface area contributed by atoms with Crippen LogP contribution >= 0.6 is 11.3 Å². The Bertz CT molecular complexity index is 717. The summed E-state index contributed by atoms with van der Waals surface area (Å²) in [5.41, 5.74) is 5.83. The van der Waals surface area contributed by atoms with Crippen molar-refractivity contribution in [3.8, 4) is 11.3 Å². The van der Waals surface area contributed by atoms with Crippen LogP contribution in [-0.4, -0.2) is 4.98 Å². The van der Waals surface area contributed by atoms with E-state index in [0.29, 0.717) is 0 Å². The number of aromatic nitrogens is 1. The third-order valence-corrected chi connectivity index (χ3v) is 3.96. The number of hydrogen-bond acceptors (Lipinski definition) is 3. The van der Waals surface area contributed by atoms with Gasteiger partial charge in [-0.2, -0.15) is 0 Å². The van der Waals surface area contributed by atoms with E-state index in [1.165, 1.54) is 16.7 Å². The molecule has 0 atom stereocenters. The lowest BCUT2D eigenvalue weighted by Crippen LogP contribution is -1.89. The van der Waals surface area contributed by atoms with Crippen molar-refractivity contribution < 1.29 is 0 Å². The average Bonchev–Trinajstić information content (AvgIpc) is 2.91. The molecule has 0 amide bonds. The Balaban J connectivity index is 1.88. The molecule has 3 rings (SSSR count). The molecular weight excluding hydrogens is 264 g/mol. The zero-order chi connectivity index (χ0) is 13.9. The second kappa shape index (κ2) is 5.47. The lowest BCUT2D eigenvalue weighted by Gasteiger charge is -2.04. The number of anilines is 2. The first-order valence-electron chi connectivity index (χ1n) is 6.57. The molecule has 20 heavy (non-hydrogen) atoms. The van der Waals surface area contributed by atoms with Gasteiger partial charge in [-0.05, 0) is 37.6 Å². The second-order valence-electron chi connectivity index (χ2n) is 4.85. The monoisotopic (exact) mass is 280 g/mol. The fourth-order valence-electron chi connectivity index (χ4n) is 2.11. The van der Waals surface area contributed by atoms with Gasteiger partial charge >= 0.3 is 0 Å². The molecular formula is C17H16N2S. The fraction of sp³-hybridized carbons (Fsp3) is 0.118. The number of aryl methyl sites for hydroxylation is 2. The fourth-order valence-corrected chi connectivity index (χ4v) is 2.84. The zero-order valence-electron chi connectivity index (χ0n) is 11.6. The molecule has 0 aliphatic carbocycles. The maximum absolute atomic E-state index is 4.69. The minimum absolute atomic E-state index is 0.923. The molecule has 1 aromatic heterocycles. The first kappa shape index (κ1) is 12.9. The van der Waals surface area contributed by atoms with Gasteiger partial charge in [-0.3, -0.25) is 0 Å². The lowest BCUT2D eigenvalue weighted by molar-refractivity contribution is 1.33. The maximum atomic E-state index is 4.69. The van der Waals surface area contributed by atoms with E-state index < -0.39 is 0 Å². The molecule has 0 bridgehead atoms. The van der Waals surface area contributed by atoms with Crippen LogP contribution in [0.4, 0.5) is 10.8 Å². The summed E-state index contributed by atoms with van der Waals surface area (Å²) in [6.07, 6.45) is 0. The predicted octanol–water partition coefficient (Wildman–Crippen LogP) is 5.17. The quantitative estimate of drug-likeness (QED) is 0.716. The summed E-state index contributed by atoms with van der Waals surface area (Å²) in [4.78, 5) is 4.69. The highest BCUT2D eigenvalue weighted by Gasteiger charge is 2.07. The Labute approximate surface area is 123 Å². The molecule has 0 saturated heterocycles. The van der Waals surface area contributed by atoms with E-state index >= 15 is 0 Å². The van der Waals surface area contributed by atoms with Crippen molar-refractivity contribution in [1.82, 2.24) is 4.98 Å². The van der Waals surface area contributed by atoms with Crippen LogP contribution in [-0.2, 0) is 0 Å². The van der Waals surface area contributed by atoms with Crippen LogP contribution < -0.4 is 5.32 Å². The van der Waals surface area contributed by atoms with E-state index in [0.717, 1.165) is 16.5 Å². The summed E-state index contributed by atoms with van der Waals surface area (Å²) in [6, 6.07) is 16.6. The molecule has 2 aromatic carbocycles. The standard InChI is InChI=1S/C17H16N2S/c1-12-8-9-13(2)15(10-12)16-11-20-17(19-16)18-14-6-4-3-5-7-14/h3-11H,1-2H3,(H,18,19). The van der Waals surface area contributed by atoms with Crippen molar-refractivity contribution in [2.45, 2.75) is 13.8 Å². The molecule has 1 N–H and O–H groups in total. The summed E-state index contributed by atoms with van der Waals surface area (Å²) in [6.45, 7) is 4.23. The van der Waals surface area contributed by atoms with Gasteiger partial charge in [0.2, 0.25) is 0 Å². The third kappa shape index (κ3) is 2.73. The SMILES string of the molecule is Cc1ccc(C)c(-c2csc(Nc3ccccc3)n2)c1. The van der Waals surface area contributed by atoms with Gasteiger partial charge in [0.1, 0.15) is 0 Å². The van der Waals surface area contributed by atoms with Crippen molar-refractivity contribution in [3.05, 3.63) is 65.0 Å². The normalized spacial score (nSPS) is 10.5. The van der Waals surface area contributed by atoms with Gasteiger partial charge in [0, 0.05) is 16.6 Å². The number of nitrogens with zero attached hydrogens (tertiary/aromatic N) is 1. The predicted molar refractivity (Wildman–Crippen MR) is 86.7 cm³/mol. The minimum Gasteiger partial charge on any atom is -0.332 e. The Morgan fingerprint density at radius 1 is 1.00 bits per heavy atom. The van der Waals surface area contributed by atoms with Crippen LogP contribution in [0.25, 0.3) is 11.3 Å². The molecule has 0 spiro atoms. The number of nitrogens with one attached hydrogen (secondary N) is 1. The average molecular weight is 280 g/mol. The molecule has 0 radical (unpaired) electrons. The number of para-hydroxylation sites is 1. The van der Waals surface area contributed by atoms with Crippen LogP contribution in [0.3, 0.4) is 0 Å². The summed E-state index contributed by atoms with van der Waals surface area (Å²) in [5, 5.41) is 6.36. The van der Waals surface area contributed by atoms with Gasteiger partial charge in [0.05, 0.1) is 5.69 Å². The van der Waals surface area contributed by atoms with Gasteiger partial charge in [-0.1, -0.05) is 35.9 Å². The van der Waals surface area contributed by atoms with E-state index in [-0.39, 0.29) is 0 Å². The maximum Gasteiger partial charge on any atom is 0.187 e. The van der Waals surface area contributed by atoms with Gasteiger partial charge in [-0.15, -0.1) is 11.3 Å². The molecule has 3 aromatic rings. The van der Waals surface area contributed by atoms with Gasteiger partial charge < -0.3 is 5.32 Å². The largest absolute Gasteiger partial charge is 0.332 e. The highest BCUT2D eigenvalue weighted by molar-refractivity contribution is 7.14. The van der Waals surface area contributed by atoms with Crippen molar-refractivity contribution in [2.24, 2.45) is 0 Å².